The standard InChI is InChI=1S/C10H12N4O/c15-7-2-4-14(5-7)10-8-1-3-11-9(8)12-6-13-10/h1,3,6-7,15H,2,4-5H2,(H,11,12,13)/t7-/m1/s1. The third kappa shape index (κ3) is 1.35. The summed E-state index contributed by atoms with van der Waals surface area (Å²) >= 11 is 0. The molecule has 0 saturated carbocycles. The van der Waals surface area contributed by atoms with E-state index in [0.717, 1.165) is 29.8 Å². The number of nitrogens with zero attached hydrogens (tertiary/aromatic N) is 3. The van der Waals surface area contributed by atoms with Crippen molar-refractivity contribution in [3.63, 3.8) is 0 Å². The van der Waals surface area contributed by atoms with Gasteiger partial charge in [0.2, 0.25) is 0 Å². The molecule has 2 aromatic heterocycles. The van der Waals surface area contributed by atoms with Gasteiger partial charge >= 0.3 is 0 Å². The van der Waals surface area contributed by atoms with Crippen LogP contribution in [0.25, 0.3) is 11.0 Å². The Kier molecular flexibility index (Phi) is 1.85. The molecule has 5 nitrogen and oxygen atoms in total. The van der Waals surface area contributed by atoms with Gasteiger partial charge in [-0.2, -0.15) is 0 Å². The number of anilines is 1. The molecular formula is C10H12N4O. The van der Waals surface area contributed by atoms with Crippen LogP contribution in [-0.2, 0) is 0 Å². The molecule has 1 aliphatic heterocycles. The first-order chi connectivity index (χ1) is 7.34. The Morgan fingerprint density at radius 1 is 1.47 bits per heavy atom. The van der Waals surface area contributed by atoms with Gasteiger partial charge in [0.1, 0.15) is 17.8 Å². The van der Waals surface area contributed by atoms with Crippen molar-refractivity contribution >= 4 is 16.9 Å². The molecule has 0 bridgehead atoms. The molecule has 5 heteroatoms. The molecule has 0 amide bonds. The summed E-state index contributed by atoms with van der Waals surface area (Å²) in [4.78, 5) is 13.6. The largest absolute Gasteiger partial charge is 0.391 e. The van der Waals surface area contributed by atoms with E-state index in [1.807, 2.05) is 12.3 Å². The average Bonchev–Trinajstić information content (AvgIpc) is 2.84. The number of aromatic amines is 1. The van der Waals surface area contributed by atoms with Crippen molar-refractivity contribution in [1.82, 2.24) is 15.0 Å². The Morgan fingerprint density at radius 3 is 3.20 bits per heavy atom. The van der Waals surface area contributed by atoms with Crippen LogP contribution in [0.15, 0.2) is 18.6 Å². The van der Waals surface area contributed by atoms with Gasteiger partial charge in [-0.3, -0.25) is 0 Å². The molecule has 0 spiro atoms. The van der Waals surface area contributed by atoms with Gasteiger partial charge in [0.05, 0.1) is 11.5 Å². The van der Waals surface area contributed by atoms with E-state index < -0.39 is 0 Å². The van der Waals surface area contributed by atoms with Crippen LogP contribution in [-0.4, -0.2) is 39.3 Å². The minimum Gasteiger partial charge on any atom is -0.391 e. The van der Waals surface area contributed by atoms with Crippen molar-refractivity contribution in [2.75, 3.05) is 18.0 Å². The molecule has 1 fully saturated rings. The summed E-state index contributed by atoms with van der Waals surface area (Å²) in [6.45, 7) is 1.52. The Hall–Kier alpha value is -1.62. The van der Waals surface area contributed by atoms with Crippen molar-refractivity contribution in [2.24, 2.45) is 0 Å². The highest BCUT2D eigenvalue weighted by Crippen LogP contribution is 2.25. The van der Waals surface area contributed by atoms with Crippen LogP contribution >= 0.6 is 0 Å². The van der Waals surface area contributed by atoms with Gasteiger partial charge in [-0.25, -0.2) is 9.97 Å². The molecule has 1 saturated heterocycles. The van der Waals surface area contributed by atoms with Gasteiger partial charge in [0, 0.05) is 19.3 Å². The van der Waals surface area contributed by atoms with Crippen molar-refractivity contribution in [2.45, 2.75) is 12.5 Å². The molecule has 15 heavy (non-hydrogen) atoms. The fraction of sp³-hybridized carbons (Fsp3) is 0.400. The van der Waals surface area contributed by atoms with Crippen LogP contribution in [0, 0.1) is 0 Å². The molecule has 0 unspecified atom stereocenters. The zero-order valence-corrected chi connectivity index (χ0v) is 8.22. The van der Waals surface area contributed by atoms with Crippen LogP contribution in [0.1, 0.15) is 6.42 Å². The molecule has 2 aromatic rings. The Bertz CT molecular complexity index is 481. The maximum Gasteiger partial charge on any atom is 0.142 e. The average molecular weight is 204 g/mol. The predicted octanol–water partition coefficient (Wildman–Crippen LogP) is 0.529. The first kappa shape index (κ1) is 8.67. The first-order valence-electron chi connectivity index (χ1n) is 5.06. The molecule has 3 heterocycles. The van der Waals surface area contributed by atoms with E-state index >= 15 is 0 Å². The Labute approximate surface area is 86.8 Å². The molecule has 78 valence electrons. The lowest BCUT2D eigenvalue weighted by molar-refractivity contribution is 0.198. The molecule has 1 atom stereocenters. The number of aliphatic hydroxyl groups is 1. The number of aromatic nitrogens is 3. The minimum atomic E-state index is -0.228. The van der Waals surface area contributed by atoms with Crippen molar-refractivity contribution in [3.8, 4) is 0 Å². The van der Waals surface area contributed by atoms with Crippen LogP contribution in [0.2, 0.25) is 0 Å². The number of H-pyrrole nitrogens is 1. The van der Waals surface area contributed by atoms with E-state index in [-0.39, 0.29) is 6.10 Å². The first-order valence-corrected chi connectivity index (χ1v) is 5.06. The third-order valence-corrected chi connectivity index (χ3v) is 2.80. The summed E-state index contributed by atoms with van der Waals surface area (Å²) < 4.78 is 0. The van der Waals surface area contributed by atoms with Gasteiger partial charge < -0.3 is 15.0 Å². The van der Waals surface area contributed by atoms with Crippen molar-refractivity contribution in [3.05, 3.63) is 18.6 Å². The van der Waals surface area contributed by atoms with E-state index in [0.29, 0.717) is 6.54 Å². The third-order valence-electron chi connectivity index (χ3n) is 2.80. The zero-order valence-electron chi connectivity index (χ0n) is 8.22. The SMILES string of the molecule is O[C@@H]1CCN(c2ncnc3[nH]ccc23)C1. The van der Waals surface area contributed by atoms with Gasteiger partial charge in [0.25, 0.3) is 0 Å². The van der Waals surface area contributed by atoms with Crippen molar-refractivity contribution in [1.29, 1.82) is 0 Å². The molecule has 0 radical (unpaired) electrons. The fourth-order valence-corrected chi connectivity index (χ4v) is 2.04. The summed E-state index contributed by atoms with van der Waals surface area (Å²) in [5.41, 5.74) is 0.849. The molecule has 3 rings (SSSR count). The van der Waals surface area contributed by atoms with Crippen LogP contribution in [0.3, 0.4) is 0 Å². The molecular weight excluding hydrogens is 192 g/mol. The second kappa shape index (κ2) is 3.20. The minimum absolute atomic E-state index is 0.228. The summed E-state index contributed by atoms with van der Waals surface area (Å²) in [6.07, 6.45) is 4.00. The predicted molar refractivity (Wildman–Crippen MR) is 56.7 cm³/mol. The summed E-state index contributed by atoms with van der Waals surface area (Å²) in [6, 6.07) is 1.97. The lowest BCUT2D eigenvalue weighted by atomic mass is 10.3. The topological polar surface area (TPSA) is 65.0 Å². The summed E-state index contributed by atoms with van der Waals surface area (Å²) in [5.74, 6) is 0.915. The Balaban J connectivity index is 2.06. The number of aliphatic hydroxyl groups excluding tert-OH is 1. The Morgan fingerprint density at radius 2 is 2.40 bits per heavy atom. The highest BCUT2D eigenvalue weighted by Gasteiger charge is 2.22. The number of rotatable bonds is 1. The lowest BCUT2D eigenvalue weighted by Crippen LogP contribution is -2.22. The quantitative estimate of drug-likeness (QED) is 0.711. The van der Waals surface area contributed by atoms with E-state index in [9.17, 15) is 5.11 Å². The second-order valence-corrected chi connectivity index (χ2v) is 3.83. The second-order valence-electron chi connectivity index (χ2n) is 3.83. The van der Waals surface area contributed by atoms with E-state index in [1.165, 1.54) is 0 Å². The van der Waals surface area contributed by atoms with Crippen LogP contribution in [0.4, 0.5) is 5.82 Å². The molecule has 1 aliphatic rings. The van der Waals surface area contributed by atoms with E-state index in [4.69, 9.17) is 0 Å². The lowest BCUT2D eigenvalue weighted by Gasteiger charge is -2.16. The zero-order chi connectivity index (χ0) is 10.3. The highest BCUT2D eigenvalue weighted by molar-refractivity contribution is 5.87. The number of hydrogen-bond donors (Lipinski definition) is 2. The molecule has 0 aliphatic carbocycles. The molecule has 0 aromatic carbocycles. The van der Waals surface area contributed by atoms with Gasteiger partial charge in [-0.15, -0.1) is 0 Å². The normalized spacial score (nSPS) is 21.4. The van der Waals surface area contributed by atoms with Gasteiger partial charge in [0.15, 0.2) is 0 Å². The number of nitrogens with one attached hydrogen (secondary N) is 1. The maximum absolute atomic E-state index is 9.49. The van der Waals surface area contributed by atoms with Gasteiger partial charge in [-0.1, -0.05) is 0 Å². The fourth-order valence-electron chi connectivity index (χ4n) is 2.04. The molecule has 2 N–H and O–H groups in total. The summed E-state index contributed by atoms with van der Waals surface area (Å²) in [5, 5.41) is 10.5. The van der Waals surface area contributed by atoms with E-state index in [2.05, 4.69) is 19.9 Å². The summed E-state index contributed by atoms with van der Waals surface area (Å²) in [7, 11) is 0. The van der Waals surface area contributed by atoms with E-state index in [1.54, 1.807) is 6.33 Å². The van der Waals surface area contributed by atoms with Gasteiger partial charge in [-0.05, 0) is 12.5 Å². The highest BCUT2D eigenvalue weighted by atomic mass is 16.3. The monoisotopic (exact) mass is 204 g/mol. The maximum atomic E-state index is 9.49. The van der Waals surface area contributed by atoms with Crippen molar-refractivity contribution < 1.29 is 5.11 Å². The smallest absolute Gasteiger partial charge is 0.142 e. The number of β-amino-alcohol motifs (C(OH)–C–C–N with tert-alkyl or cyclic N) is 1. The van der Waals surface area contributed by atoms with Crippen LogP contribution in [0.5, 0.6) is 0 Å². The number of hydrogen-bond acceptors (Lipinski definition) is 4. The number of fused-ring (bicyclic) bond motifs is 1. The van der Waals surface area contributed by atoms with Crippen LogP contribution < -0.4 is 4.90 Å².